The van der Waals surface area contributed by atoms with Crippen LogP contribution in [0.5, 0.6) is 11.5 Å². The first-order valence-corrected chi connectivity index (χ1v) is 8.44. The Morgan fingerprint density at radius 2 is 1.63 bits per heavy atom. The van der Waals surface area contributed by atoms with Crippen LogP contribution in [0.2, 0.25) is 0 Å². The van der Waals surface area contributed by atoms with Gasteiger partial charge in [0.15, 0.2) is 0 Å². The van der Waals surface area contributed by atoms with Crippen LogP contribution in [0.4, 0.5) is 11.6 Å². The number of para-hydroxylation sites is 1. The van der Waals surface area contributed by atoms with Gasteiger partial charge in [-0.25, -0.2) is 9.97 Å². The fourth-order valence-electron chi connectivity index (χ4n) is 2.26. The van der Waals surface area contributed by atoms with Crippen LogP contribution in [0.1, 0.15) is 10.4 Å². The van der Waals surface area contributed by atoms with Crippen molar-refractivity contribution in [3.8, 4) is 11.5 Å². The van der Waals surface area contributed by atoms with Gasteiger partial charge in [-0.3, -0.25) is 4.79 Å². The third kappa shape index (κ3) is 5.43. The first kappa shape index (κ1) is 18.2. The molecule has 3 aromatic rings. The maximum absolute atomic E-state index is 12.1. The van der Waals surface area contributed by atoms with Crippen molar-refractivity contribution in [3.05, 3.63) is 72.6 Å². The average Bonchev–Trinajstić information content (AvgIpc) is 2.73. The zero-order valence-electron chi connectivity index (χ0n) is 14.9. The normalized spacial score (nSPS) is 10.1. The molecule has 7 heteroatoms. The van der Waals surface area contributed by atoms with E-state index in [0.29, 0.717) is 24.7 Å². The van der Waals surface area contributed by atoms with Gasteiger partial charge >= 0.3 is 0 Å². The van der Waals surface area contributed by atoms with Crippen LogP contribution in [-0.4, -0.2) is 36.1 Å². The number of hydrogen-bond acceptors (Lipinski definition) is 6. The van der Waals surface area contributed by atoms with Crippen molar-refractivity contribution < 1.29 is 14.3 Å². The van der Waals surface area contributed by atoms with Crippen LogP contribution in [0, 0.1) is 0 Å². The number of carbonyl (C=O) groups excluding carboxylic acids is 1. The van der Waals surface area contributed by atoms with E-state index in [4.69, 9.17) is 9.47 Å². The third-order valence-electron chi connectivity index (χ3n) is 3.66. The van der Waals surface area contributed by atoms with Crippen LogP contribution >= 0.6 is 0 Å². The predicted octanol–water partition coefficient (Wildman–Crippen LogP) is 3.23. The molecule has 0 bridgehead atoms. The summed E-state index contributed by atoms with van der Waals surface area (Å²) in [6.45, 7) is 0.980. The van der Waals surface area contributed by atoms with Crippen LogP contribution < -0.4 is 20.1 Å². The average molecular weight is 364 g/mol. The first-order valence-electron chi connectivity index (χ1n) is 8.44. The van der Waals surface area contributed by atoms with Gasteiger partial charge in [0.1, 0.15) is 18.1 Å². The lowest BCUT2D eigenvalue weighted by Crippen LogP contribution is -2.15. The highest BCUT2D eigenvalue weighted by molar-refractivity contribution is 6.03. The van der Waals surface area contributed by atoms with Crippen molar-refractivity contribution in [2.24, 2.45) is 0 Å². The number of amides is 1. The number of rotatable bonds is 8. The van der Waals surface area contributed by atoms with E-state index in [1.165, 1.54) is 12.4 Å². The molecule has 7 nitrogen and oxygen atoms in total. The molecule has 0 aliphatic carbocycles. The second kappa shape index (κ2) is 9.19. The quantitative estimate of drug-likeness (QED) is 0.597. The summed E-state index contributed by atoms with van der Waals surface area (Å²) < 4.78 is 10.7. The third-order valence-corrected chi connectivity index (χ3v) is 3.66. The molecule has 0 spiro atoms. The molecule has 0 saturated heterocycles. The predicted molar refractivity (Wildman–Crippen MR) is 103 cm³/mol. The molecule has 2 N–H and O–H groups in total. The molecule has 0 unspecified atom stereocenters. The second-order valence-corrected chi connectivity index (χ2v) is 5.57. The Bertz CT molecular complexity index is 853. The number of benzene rings is 2. The highest BCUT2D eigenvalue weighted by atomic mass is 16.5. The lowest BCUT2D eigenvalue weighted by atomic mass is 10.3. The summed E-state index contributed by atoms with van der Waals surface area (Å²) in [4.78, 5) is 20.5. The van der Waals surface area contributed by atoms with E-state index in [1.807, 2.05) is 54.6 Å². The van der Waals surface area contributed by atoms with Crippen molar-refractivity contribution in [1.29, 1.82) is 0 Å². The lowest BCUT2D eigenvalue weighted by molar-refractivity contribution is 0.102. The van der Waals surface area contributed by atoms with E-state index in [2.05, 4.69) is 20.6 Å². The monoisotopic (exact) mass is 364 g/mol. The van der Waals surface area contributed by atoms with Gasteiger partial charge in [-0.1, -0.05) is 18.2 Å². The summed E-state index contributed by atoms with van der Waals surface area (Å²) in [5.74, 6) is 1.72. The minimum atomic E-state index is -0.254. The standard InChI is InChI=1S/C20H20N4O3/c1-26-17-7-9-18(10-8-17)27-12-11-21-20-22-13-15(14-23-20)19(25)24-16-5-3-2-4-6-16/h2-10,13-14H,11-12H2,1H3,(H,24,25)(H,21,22,23). The molecule has 2 aromatic carbocycles. The van der Waals surface area contributed by atoms with E-state index < -0.39 is 0 Å². The molecule has 0 aliphatic rings. The Morgan fingerprint density at radius 1 is 0.963 bits per heavy atom. The summed E-state index contributed by atoms with van der Waals surface area (Å²) in [6, 6.07) is 16.6. The largest absolute Gasteiger partial charge is 0.497 e. The van der Waals surface area contributed by atoms with E-state index in [1.54, 1.807) is 7.11 Å². The molecule has 0 aliphatic heterocycles. The summed E-state index contributed by atoms with van der Waals surface area (Å²) >= 11 is 0. The number of ether oxygens (including phenoxy) is 2. The molecule has 0 atom stereocenters. The maximum atomic E-state index is 12.1. The Kier molecular flexibility index (Phi) is 6.19. The summed E-state index contributed by atoms with van der Waals surface area (Å²) in [5.41, 5.74) is 1.11. The van der Waals surface area contributed by atoms with Crippen molar-refractivity contribution >= 4 is 17.5 Å². The number of nitrogens with zero attached hydrogens (tertiary/aromatic N) is 2. The van der Waals surface area contributed by atoms with E-state index in [9.17, 15) is 4.79 Å². The number of methoxy groups -OCH3 is 1. The molecule has 3 rings (SSSR count). The number of aromatic nitrogens is 2. The topological polar surface area (TPSA) is 85.4 Å². The number of anilines is 2. The number of nitrogens with one attached hydrogen (secondary N) is 2. The first-order chi connectivity index (χ1) is 13.2. The van der Waals surface area contributed by atoms with Crippen molar-refractivity contribution in [2.45, 2.75) is 0 Å². The van der Waals surface area contributed by atoms with Gasteiger partial charge in [-0.2, -0.15) is 0 Å². The van der Waals surface area contributed by atoms with Crippen molar-refractivity contribution in [1.82, 2.24) is 9.97 Å². The van der Waals surface area contributed by atoms with Crippen LogP contribution in [0.15, 0.2) is 67.0 Å². The number of hydrogen-bond donors (Lipinski definition) is 2. The van der Waals surface area contributed by atoms with Crippen molar-refractivity contribution in [3.63, 3.8) is 0 Å². The minimum absolute atomic E-state index is 0.254. The second-order valence-electron chi connectivity index (χ2n) is 5.57. The minimum Gasteiger partial charge on any atom is -0.497 e. The molecule has 0 saturated carbocycles. The SMILES string of the molecule is COc1ccc(OCCNc2ncc(C(=O)Nc3ccccc3)cn2)cc1. The molecule has 1 amide bonds. The van der Waals surface area contributed by atoms with Gasteiger partial charge in [0.05, 0.1) is 19.2 Å². The molecular weight excluding hydrogens is 344 g/mol. The van der Waals surface area contributed by atoms with E-state index in [-0.39, 0.29) is 5.91 Å². The van der Waals surface area contributed by atoms with Crippen molar-refractivity contribution in [2.75, 3.05) is 30.9 Å². The van der Waals surface area contributed by atoms with Gasteiger partial charge in [0.25, 0.3) is 5.91 Å². The fourth-order valence-corrected chi connectivity index (χ4v) is 2.26. The smallest absolute Gasteiger partial charge is 0.258 e. The Hall–Kier alpha value is -3.61. The fraction of sp³-hybridized carbons (Fsp3) is 0.150. The molecular formula is C20H20N4O3. The van der Waals surface area contributed by atoms with Gasteiger partial charge in [-0.05, 0) is 36.4 Å². The molecule has 1 aromatic heterocycles. The molecule has 1 heterocycles. The van der Waals surface area contributed by atoms with Crippen LogP contribution in [0.25, 0.3) is 0 Å². The van der Waals surface area contributed by atoms with Gasteiger partial charge in [0.2, 0.25) is 5.95 Å². The number of carbonyl (C=O) groups is 1. The Morgan fingerprint density at radius 3 is 2.30 bits per heavy atom. The van der Waals surface area contributed by atoms with Gasteiger partial charge < -0.3 is 20.1 Å². The molecule has 0 fully saturated rings. The molecule has 138 valence electrons. The summed E-state index contributed by atoms with van der Waals surface area (Å²) in [5, 5.41) is 5.84. The van der Waals surface area contributed by atoms with Gasteiger partial charge in [0, 0.05) is 18.1 Å². The Balaban J connectivity index is 1.44. The maximum Gasteiger partial charge on any atom is 0.258 e. The highest BCUT2D eigenvalue weighted by Gasteiger charge is 2.07. The zero-order valence-corrected chi connectivity index (χ0v) is 14.9. The lowest BCUT2D eigenvalue weighted by Gasteiger charge is -2.09. The highest BCUT2D eigenvalue weighted by Crippen LogP contribution is 2.16. The van der Waals surface area contributed by atoms with Gasteiger partial charge in [-0.15, -0.1) is 0 Å². The van der Waals surface area contributed by atoms with Crippen LogP contribution in [0.3, 0.4) is 0 Å². The summed E-state index contributed by atoms with van der Waals surface area (Å²) in [6.07, 6.45) is 2.97. The zero-order chi connectivity index (χ0) is 18.9. The Labute approximate surface area is 157 Å². The van der Waals surface area contributed by atoms with E-state index in [0.717, 1.165) is 17.2 Å². The molecule has 27 heavy (non-hydrogen) atoms. The van der Waals surface area contributed by atoms with E-state index >= 15 is 0 Å². The summed E-state index contributed by atoms with van der Waals surface area (Å²) in [7, 11) is 1.62. The van der Waals surface area contributed by atoms with Crippen LogP contribution in [-0.2, 0) is 0 Å². The molecule has 0 radical (unpaired) electrons.